The number of aromatic carboxylic acids is 1. The normalized spacial score (nSPS) is 11.9. The number of unbranched alkanes of at least 4 members (excludes halogenated alkanes) is 2. The molecule has 104 valence electrons. The Morgan fingerprint density at radius 3 is 2.42 bits per heavy atom. The Balaban J connectivity index is 2.65. The predicted octanol–water partition coefficient (Wildman–Crippen LogP) is 3.51. The third-order valence-corrected chi connectivity index (χ3v) is 2.90. The zero-order valence-corrected chi connectivity index (χ0v) is 11.4. The summed E-state index contributed by atoms with van der Waals surface area (Å²) in [7, 11) is 0. The molecule has 0 fully saturated rings. The van der Waals surface area contributed by atoms with Crippen LogP contribution < -0.4 is 0 Å². The van der Waals surface area contributed by atoms with Crippen LogP contribution in [-0.2, 0) is 4.74 Å². The Hall–Kier alpha value is -1.84. The van der Waals surface area contributed by atoms with Gasteiger partial charge in [0.1, 0.15) is 0 Å². The minimum atomic E-state index is -1.12. The minimum absolute atomic E-state index is 0.0201. The molecule has 0 unspecified atom stereocenters. The van der Waals surface area contributed by atoms with Crippen molar-refractivity contribution in [3.8, 4) is 0 Å². The van der Waals surface area contributed by atoms with Crippen molar-refractivity contribution in [3.63, 3.8) is 0 Å². The van der Waals surface area contributed by atoms with E-state index in [0.29, 0.717) is 0 Å². The fourth-order valence-corrected chi connectivity index (χ4v) is 1.83. The zero-order chi connectivity index (χ0) is 14.3. The van der Waals surface area contributed by atoms with E-state index in [1.165, 1.54) is 12.1 Å². The van der Waals surface area contributed by atoms with Gasteiger partial charge in [0.25, 0.3) is 0 Å². The van der Waals surface area contributed by atoms with Crippen LogP contribution in [0.3, 0.4) is 0 Å². The lowest BCUT2D eigenvalue weighted by molar-refractivity contribution is 0.0314. The van der Waals surface area contributed by atoms with E-state index in [1.54, 1.807) is 12.1 Å². The number of esters is 1. The maximum atomic E-state index is 11.9. The van der Waals surface area contributed by atoms with Crippen LogP contribution in [0.4, 0.5) is 0 Å². The van der Waals surface area contributed by atoms with Crippen molar-refractivity contribution in [1.29, 1.82) is 0 Å². The standard InChI is InChI=1S/C15H20O4/c1-3-4-5-8-11(2)19-15(18)13-10-7-6-9-12(13)14(16)17/h6-7,9-11H,3-5,8H2,1-2H3,(H,16,17)/t11-/m0/s1. The molecule has 0 spiro atoms. The van der Waals surface area contributed by atoms with E-state index >= 15 is 0 Å². The second kappa shape index (κ2) is 7.56. The van der Waals surface area contributed by atoms with Gasteiger partial charge in [-0.25, -0.2) is 9.59 Å². The summed E-state index contributed by atoms with van der Waals surface area (Å²) in [4.78, 5) is 22.9. The van der Waals surface area contributed by atoms with Crippen LogP contribution in [0.1, 0.15) is 60.2 Å². The molecule has 0 heterocycles. The smallest absolute Gasteiger partial charge is 0.339 e. The summed E-state index contributed by atoms with van der Waals surface area (Å²) in [6.45, 7) is 3.94. The van der Waals surface area contributed by atoms with Crippen molar-refractivity contribution in [2.45, 2.75) is 45.6 Å². The number of hydrogen-bond donors (Lipinski definition) is 1. The van der Waals surface area contributed by atoms with Gasteiger partial charge in [0.15, 0.2) is 0 Å². The molecule has 1 rings (SSSR count). The van der Waals surface area contributed by atoms with Crippen LogP contribution in [0, 0.1) is 0 Å². The van der Waals surface area contributed by atoms with Crippen LogP contribution in [0.2, 0.25) is 0 Å². The van der Waals surface area contributed by atoms with Crippen LogP contribution in [0.15, 0.2) is 24.3 Å². The quantitative estimate of drug-likeness (QED) is 0.604. The molecule has 0 bridgehead atoms. The Morgan fingerprint density at radius 2 is 1.84 bits per heavy atom. The molecule has 4 heteroatoms. The summed E-state index contributed by atoms with van der Waals surface area (Å²) < 4.78 is 5.27. The highest BCUT2D eigenvalue weighted by atomic mass is 16.5. The lowest BCUT2D eigenvalue weighted by atomic mass is 10.1. The van der Waals surface area contributed by atoms with Crippen molar-refractivity contribution < 1.29 is 19.4 Å². The highest BCUT2D eigenvalue weighted by Crippen LogP contribution is 2.13. The summed E-state index contributed by atoms with van der Waals surface area (Å²) in [5, 5.41) is 9.01. The van der Waals surface area contributed by atoms with E-state index in [4.69, 9.17) is 9.84 Å². The van der Waals surface area contributed by atoms with Crippen LogP contribution in [0.5, 0.6) is 0 Å². The zero-order valence-electron chi connectivity index (χ0n) is 11.4. The predicted molar refractivity (Wildman–Crippen MR) is 72.4 cm³/mol. The van der Waals surface area contributed by atoms with Gasteiger partial charge in [-0.15, -0.1) is 0 Å². The SMILES string of the molecule is CCCCC[C@H](C)OC(=O)c1ccccc1C(=O)O. The number of carboxylic acid groups (broad SMARTS) is 1. The maximum absolute atomic E-state index is 11.9. The fourth-order valence-electron chi connectivity index (χ4n) is 1.83. The number of carboxylic acids is 1. The van der Waals surface area contributed by atoms with Crippen molar-refractivity contribution >= 4 is 11.9 Å². The summed E-state index contributed by atoms with van der Waals surface area (Å²) in [6.07, 6.45) is 3.83. The van der Waals surface area contributed by atoms with Gasteiger partial charge in [-0.3, -0.25) is 0 Å². The summed E-state index contributed by atoms with van der Waals surface area (Å²) in [5.74, 6) is -1.69. The second-order valence-corrected chi connectivity index (χ2v) is 4.56. The first kappa shape index (κ1) is 15.2. The molecule has 1 N–H and O–H groups in total. The molecule has 0 saturated carbocycles. The molecule has 0 aliphatic carbocycles. The highest BCUT2D eigenvalue weighted by Gasteiger charge is 2.18. The topological polar surface area (TPSA) is 63.6 Å². The van der Waals surface area contributed by atoms with Gasteiger partial charge in [-0.05, 0) is 31.9 Å². The van der Waals surface area contributed by atoms with E-state index in [2.05, 4.69) is 6.92 Å². The van der Waals surface area contributed by atoms with E-state index in [1.807, 2.05) is 6.92 Å². The first-order valence-electron chi connectivity index (χ1n) is 6.59. The maximum Gasteiger partial charge on any atom is 0.339 e. The number of benzene rings is 1. The van der Waals surface area contributed by atoms with Gasteiger partial charge in [0.2, 0.25) is 0 Å². The molecule has 1 aromatic carbocycles. The highest BCUT2D eigenvalue weighted by molar-refractivity contribution is 6.02. The van der Waals surface area contributed by atoms with Crippen molar-refractivity contribution in [3.05, 3.63) is 35.4 Å². The number of ether oxygens (including phenoxy) is 1. The van der Waals surface area contributed by atoms with Gasteiger partial charge >= 0.3 is 11.9 Å². The number of hydrogen-bond acceptors (Lipinski definition) is 3. The molecule has 0 aliphatic heterocycles. The Kier molecular flexibility index (Phi) is 6.06. The number of carbonyl (C=O) groups excluding carboxylic acids is 1. The molecular weight excluding hydrogens is 244 g/mol. The van der Waals surface area contributed by atoms with Crippen molar-refractivity contribution in [2.75, 3.05) is 0 Å². The molecule has 4 nitrogen and oxygen atoms in total. The third kappa shape index (κ3) is 4.73. The van der Waals surface area contributed by atoms with Gasteiger partial charge in [0.05, 0.1) is 17.2 Å². The first-order chi connectivity index (χ1) is 9.06. The summed E-state index contributed by atoms with van der Waals surface area (Å²) in [5.41, 5.74) is 0.0885. The first-order valence-corrected chi connectivity index (χ1v) is 6.59. The molecule has 0 aromatic heterocycles. The second-order valence-electron chi connectivity index (χ2n) is 4.56. The Morgan fingerprint density at radius 1 is 1.21 bits per heavy atom. The van der Waals surface area contributed by atoms with Crippen molar-refractivity contribution in [2.24, 2.45) is 0 Å². The molecule has 0 saturated heterocycles. The summed E-state index contributed by atoms with van der Waals surface area (Å²) >= 11 is 0. The lowest BCUT2D eigenvalue weighted by Gasteiger charge is -2.13. The third-order valence-electron chi connectivity index (χ3n) is 2.90. The minimum Gasteiger partial charge on any atom is -0.478 e. The summed E-state index contributed by atoms with van der Waals surface area (Å²) in [6, 6.07) is 6.10. The van der Waals surface area contributed by atoms with Gasteiger partial charge < -0.3 is 9.84 Å². The molecule has 19 heavy (non-hydrogen) atoms. The Labute approximate surface area is 113 Å². The van der Waals surface area contributed by atoms with Crippen molar-refractivity contribution in [1.82, 2.24) is 0 Å². The van der Waals surface area contributed by atoms with Crippen LogP contribution in [-0.4, -0.2) is 23.1 Å². The molecule has 0 amide bonds. The van der Waals surface area contributed by atoms with Crippen LogP contribution in [0.25, 0.3) is 0 Å². The van der Waals surface area contributed by atoms with E-state index in [0.717, 1.165) is 25.7 Å². The van der Waals surface area contributed by atoms with E-state index in [-0.39, 0.29) is 17.2 Å². The van der Waals surface area contributed by atoms with Crippen LogP contribution >= 0.6 is 0 Å². The Bertz CT molecular complexity index is 440. The molecule has 0 aliphatic rings. The average molecular weight is 264 g/mol. The van der Waals surface area contributed by atoms with Gasteiger partial charge in [-0.1, -0.05) is 31.9 Å². The van der Waals surface area contributed by atoms with E-state index in [9.17, 15) is 9.59 Å². The molecule has 1 atom stereocenters. The molecule has 0 radical (unpaired) electrons. The fraction of sp³-hybridized carbons (Fsp3) is 0.467. The monoisotopic (exact) mass is 264 g/mol. The number of rotatable bonds is 7. The van der Waals surface area contributed by atoms with E-state index < -0.39 is 11.9 Å². The van der Waals surface area contributed by atoms with Gasteiger partial charge in [-0.2, -0.15) is 0 Å². The molecule has 1 aromatic rings. The largest absolute Gasteiger partial charge is 0.478 e. The lowest BCUT2D eigenvalue weighted by Crippen LogP contribution is -2.17. The number of carbonyl (C=O) groups is 2. The van der Waals surface area contributed by atoms with Gasteiger partial charge in [0, 0.05) is 0 Å². The average Bonchev–Trinajstić information content (AvgIpc) is 2.39. The molecular formula is C15H20O4.